The van der Waals surface area contributed by atoms with Gasteiger partial charge in [-0.05, 0) is 53.6 Å². The quantitative estimate of drug-likeness (QED) is 0.271. The molecule has 0 bridgehead atoms. The molecule has 0 unspecified atom stereocenters. The summed E-state index contributed by atoms with van der Waals surface area (Å²) >= 11 is 3.39. The number of nitro groups is 2. The van der Waals surface area contributed by atoms with Crippen LogP contribution in [0.5, 0.6) is 5.75 Å². The summed E-state index contributed by atoms with van der Waals surface area (Å²) in [5, 5.41) is 25.9. The second-order valence-electron chi connectivity index (χ2n) is 6.07. The highest BCUT2D eigenvalue weighted by Gasteiger charge is 2.19. The molecule has 152 valence electrons. The van der Waals surface area contributed by atoms with E-state index < -0.39 is 15.5 Å². The zero-order valence-electron chi connectivity index (χ0n) is 15.4. The molecule has 0 saturated carbocycles. The molecular weight excluding hydrogens is 456 g/mol. The van der Waals surface area contributed by atoms with Gasteiger partial charge in [0.05, 0.1) is 22.1 Å². The van der Waals surface area contributed by atoms with Crippen molar-refractivity contribution in [3.63, 3.8) is 0 Å². The van der Waals surface area contributed by atoms with Gasteiger partial charge in [0.25, 0.3) is 5.69 Å². The minimum atomic E-state index is -0.706. The summed E-state index contributed by atoms with van der Waals surface area (Å²) in [4.78, 5) is 20.5. The summed E-state index contributed by atoms with van der Waals surface area (Å²) in [5.74, 6) is 0.689. The van der Waals surface area contributed by atoms with E-state index in [4.69, 9.17) is 4.74 Å². The number of hydrazone groups is 1. The van der Waals surface area contributed by atoms with Crippen molar-refractivity contribution < 1.29 is 14.6 Å². The number of nitrogens with zero attached hydrogens (tertiary/aromatic N) is 3. The van der Waals surface area contributed by atoms with E-state index in [1.807, 2.05) is 24.3 Å². The molecule has 3 aromatic carbocycles. The second kappa shape index (κ2) is 9.61. The molecule has 0 aliphatic rings. The number of anilines is 1. The topological polar surface area (TPSA) is 120 Å². The SMILES string of the molecule is O=[N+]([O-])c1ccc(NN=Cc2ccc(OCc3ccc(Br)cc3)cc2)c([N+](=O)[O-])c1. The van der Waals surface area contributed by atoms with E-state index in [-0.39, 0.29) is 11.4 Å². The van der Waals surface area contributed by atoms with Crippen LogP contribution in [0.15, 0.2) is 76.3 Å². The molecular formula is C20H15BrN4O5. The summed E-state index contributed by atoms with van der Waals surface area (Å²) in [7, 11) is 0. The van der Waals surface area contributed by atoms with Crippen LogP contribution in [0, 0.1) is 20.2 Å². The Morgan fingerprint density at radius 3 is 2.30 bits per heavy atom. The second-order valence-corrected chi connectivity index (χ2v) is 6.99. The lowest BCUT2D eigenvalue weighted by atomic mass is 10.2. The average Bonchev–Trinajstić information content (AvgIpc) is 2.74. The largest absolute Gasteiger partial charge is 0.489 e. The minimum absolute atomic E-state index is 0.0521. The first-order chi connectivity index (χ1) is 14.4. The number of nitrogens with one attached hydrogen (secondary N) is 1. The van der Waals surface area contributed by atoms with E-state index >= 15 is 0 Å². The van der Waals surface area contributed by atoms with Crippen molar-refractivity contribution in [1.82, 2.24) is 0 Å². The Bertz CT molecular complexity index is 1090. The molecule has 3 rings (SSSR count). The monoisotopic (exact) mass is 470 g/mol. The number of nitro benzene ring substituents is 2. The fraction of sp³-hybridized carbons (Fsp3) is 0.0500. The number of halogens is 1. The number of hydrogen-bond donors (Lipinski definition) is 1. The molecule has 0 saturated heterocycles. The molecule has 0 aliphatic heterocycles. The molecule has 30 heavy (non-hydrogen) atoms. The van der Waals surface area contributed by atoms with Crippen molar-refractivity contribution in [1.29, 1.82) is 0 Å². The van der Waals surface area contributed by atoms with Crippen molar-refractivity contribution in [3.05, 3.63) is 103 Å². The van der Waals surface area contributed by atoms with Gasteiger partial charge in [-0.2, -0.15) is 5.10 Å². The Labute approximate surface area is 179 Å². The van der Waals surface area contributed by atoms with Crippen LogP contribution < -0.4 is 10.2 Å². The lowest BCUT2D eigenvalue weighted by molar-refractivity contribution is -0.393. The molecule has 1 N–H and O–H groups in total. The first kappa shape index (κ1) is 20.9. The van der Waals surface area contributed by atoms with Gasteiger partial charge < -0.3 is 4.74 Å². The highest BCUT2D eigenvalue weighted by molar-refractivity contribution is 9.10. The smallest absolute Gasteiger partial charge is 0.301 e. The molecule has 0 aliphatic carbocycles. The number of rotatable bonds is 8. The van der Waals surface area contributed by atoms with E-state index in [1.165, 1.54) is 18.3 Å². The maximum atomic E-state index is 11.1. The molecule has 0 radical (unpaired) electrons. The number of benzene rings is 3. The standard InChI is InChI=1S/C20H15BrN4O5/c21-16-5-1-15(2-6-16)13-30-18-8-3-14(4-9-18)12-22-23-19-10-7-17(24(26)27)11-20(19)25(28)29/h1-12,23H,13H2. The lowest BCUT2D eigenvalue weighted by Crippen LogP contribution is -1.99. The fourth-order valence-corrected chi connectivity index (χ4v) is 2.72. The number of hydrogen-bond acceptors (Lipinski definition) is 7. The molecule has 0 atom stereocenters. The number of ether oxygens (including phenoxy) is 1. The van der Waals surface area contributed by atoms with E-state index in [9.17, 15) is 20.2 Å². The van der Waals surface area contributed by atoms with Crippen molar-refractivity contribution >= 4 is 39.2 Å². The van der Waals surface area contributed by atoms with Crippen molar-refractivity contribution in [2.45, 2.75) is 6.61 Å². The molecule has 0 amide bonds. The minimum Gasteiger partial charge on any atom is -0.489 e. The van der Waals surface area contributed by atoms with E-state index in [0.29, 0.717) is 12.4 Å². The van der Waals surface area contributed by atoms with Gasteiger partial charge >= 0.3 is 5.69 Å². The fourth-order valence-electron chi connectivity index (χ4n) is 2.45. The summed E-state index contributed by atoms with van der Waals surface area (Å²) in [6, 6.07) is 18.3. The Morgan fingerprint density at radius 1 is 0.967 bits per heavy atom. The van der Waals surface area contributed by atoms with Gasteiger partial charge in [0, 0.05) is 10.5 Å². The van der Waals surface area contributed by atoms with Gasteiger partial charge in [0.2, 0.25) is 0 Å². The van der Waals surface area contributed by atoms with E-state index in [2.05, 4.69) is 26.5 Å². The molecule has 0 aromatic heterocycles. The highest BCUT2D eigenvalue weighted by atomic mass is 79.9. The van der Waals surface area contributed by atoms with Crippen LogP contribution in [0.3, 0.4) is 0 Å². The zero-order valence-corrected chi connectivity index (χ0v) is 17.0. The first-order valence-corrected chi connectivity index (χ1v) is 9.41. The van der Waals surface area contributed by atoms with Crippen molar-refractivity contribution in [3.8, 4) is 5.75 Å². The van der Waals surface area contributed by atoms with Crippen LogP contribution in [0.1, 0.15) is 11.1 Å². The van der Waals surface area contributed by atoms with Crippen LogP contribution in [0.25, 0.3) is 0 Å². The predicted molar refractivity (Wildman–Crippen MR) is 116 cm³/mol. The third-order valence-corrected chi connectivity index (χ3v) is 4.51. The van der Waals surface area contributed by atoms with E-state index in [0.717, 1.165) is 21.7 Å². The molecule has 3 aromatic rings. The van der Waals surface area contributed by atoms with Gasteiger partial charge in [-0.1, -0.05) is 28.1 Å². The molecule has 0 spiro atoms. The zero-order chi connectivity index (χ0) is 21.5. The maximum Gasteiger partial charge on any atom is 0.301 e. The van der Waals surface area contributed by atoms with Gasteiger partial charge in [-0.3, -0.25) is 25.7 Å². The molecule has 9 nitrogen and oxygen atoms in total. The van der Waals surface area contributed by atoms with Crippen LogP contribution in [-0.4, -0.2) is 16.1 Å². The first-order valence-electron chi connectivity index (χ1n) is 8.61. The van der Waals surface area contributed by atoms with E-state index in [1.54, 1.807) is 24.3 Å². The summed E-state index contributed by atoms with van der Waals surface area (Å²) in [5.41, 5.74) is 3.58. The summed E-state index contributed by atoms with van der Waals surface area (Å²) in [6.07, 6.45) is 1.48. The van der Waals surface area contributed by atoms with Crippen LogP contribution in [0.2, 0.25) is 0 Å². The Morgan fingerprint density at radius 2 is 1.67 bits per heavy atom. The van der Waals surface area contributed by atoms with Gasteiger partial charge in [0.1, 0.15) is 18.0 Å². The van der Waals surface area contributed by atoms with Gasteiger partial charge in [-0.25, -0.2) is 0 Å². The van der Waals surface area contributed by atoms with Crippen molar-refractivity contribution in [2.75, 3.05) is 5.43 Å². The van der Waals surface area contributed by atoms with Gasteiger partial charge in [-0.15, -0.1) is 0 Å². The summed E-state index contributed by atoms with van der Waals surface area (Å²) in [6.45, 7) is 0.437. The predicted octanol–water partition coefficient (Wildman–Crippen LogP) is 5.29. The highest BCUT2D eigenvalue weighted by Crippen LogP contribution is 2.28. The number of non-ortho nitro benzene ring substituents is 1. The Hall–Kier alpha value is -3.79. The van der Waals surface area contributed by atoms with Crippen LogP contribution in [-0.2, 0) is 6.61 Å². The maximum absolute atomic E-state index is 11.1. The average molecular weight is 471 g/mol. The third kappa shape index (κ3) is 5.61. The Balaban J connectivity index is 1.61. The summed E-state index contributed by atoms with van der Waals surface area (Å²) < 4.78 is 6.73. The van der Waals surface area contributed by atoms with Gasteiger partial charge in [0.15, 0.2) is 0 Å². The van der Waals surface area contributed by atoms with Crippen molar-refractivity contribution in [2.24, 2.45) is 5.10 Å². The normalized spacial score (nSPS) is 10.7. The lowest BCUT2D eigenvalue weighted by Gasteiger charge is -2.06. The molecule has 0 heterocycles. The third-order valence-electron chi connectivity index (χ3n) is 3.99. The molecule has 10 heteroatoms. The molecule has 0 fully saturated rings. The Kier molecular flexibility index (Phi) is 6.71. The van der Waals surface area contributed by atoms with Crippen LogP contribution >= 0.6 is 15.9 Å². The van der Waals surface area contributed by atoms with Crippen LogP contribution in [0.4, 0.5) is 17.1 Å².